The molecular weight excluding hydrogens is 190 g/mol. The van der Waals surface area contributed by atoms with Crippen molar-refractivity contribution >= 4 is 11.8 Å². The van der Waals surface area contributed by atoms with Crippen molar-refractivity contribution in [2.24, 2.45) is 0 Å². The molecule has 3 heteroatoms. The molecule has 0 aliphatic carbocycles. The van der Waals surface area contributed by atoms with Crippen LogP contribution in [-0.2, 0) is 4.74 Å². The number of amides is 1. The van der Waals surface area contributed by atoms with Gasteiger partial charge in [-0.3, -0.25) is 4.90 Å². The van der Waals surface area contributed by atoms with Crippen molar-refractivity contribution < 1.29 is 9.53 Å². The van der Waals surface area contributed by atoms with Gasteiger partial charge >= 0.3 is 6.09 Å². The van der Waals surface area contributed by atoms with Gasteiger partial charge in [-0.1, -0.05) is 12.1 Å². The lowest BCUT2D eigenvalue weighted by Gasteiger charge is -2.19. The van der Waals surface area contributed by atoms with E-state index in [1.165, 1.54) is 4.90 Å². The Morgan fingerprint density at radius 1 is 1.40 bits per heavy atom. The number of hydrogen-bond acceptors (Lipinski definition) is 2. The van der Waals surface area contributed by atoms with E-state index < -0.39 is 0 Å². The molecule has 15 heavy (non-hydrogen) atoms. The molecule has 1 rings (SSSR count). The zero-order chi connectivity index (χ0) is 11.4. The van der Waals surface area contributed by atoms with Crippen molar-refractivity contribution in [1.82, 2.24) is 0 Å². The van der Waals surface area contributed by atoms with Gasteiger partial charge in [-0.25, -0.2) is 4.79 Å². The average Bonchev–Trinajstić information content (AvgIpc) is 2.15. The largest absolute Gasteiger partial charge is 0.446 e. The van der Waals surface area contributed by atoms with Crippen molar-refractivity contribution in [3.63, 3.8) is 0 Å². The first-order valence-corrected chi connectivity index (χ1v) is 5.01. The Morgan fingerprint density at radius 3 is 2.60 bits per heavy atom. The third-order valence-corrected chi connectivity index (χ3v) is 2.00. The summed E-state index contributed by atoms with van der Waals surface area (Å²) in [6.07, 6.45) is -0.416. The van der Waals surface area contributed by atoms with Crippen molar-refractivity contribution in [3.8, 4) is 0 Å². The van der Waals surface area contributed by atoms with Crippen LogP contribution < -0.4 is 4.90 Å². The van der Waals surface area contributed by atoms with E-state index in [-0.39, 0.29) is 12.2 Å². The van der Waals surface area contributed by atoms with E-state index in [9.17, 15) is 4.79 Å². The summed E-state index contributed by atoms with van der Waals surface area (Å²) in [5.41, 5.74) is 1.97. The summed E-state index contributed by atoms with van der Waals surface area (Å²) in [5.74, 6) is 0. The van der Waals surface area contributed by atoms with Crippen LogP contribution in [-0.4, -0.2) is 19.2 Å². The highest BCUT2D eigenvalue weighted by molar-refractivity contribution is 5.87. The first kappa shape index (κ1) is 11.6. The first-order chi connectivity index (χ1) is 7.00. The summed E-state index contributed by atoms with van der Waals surface area (Å²) in [6.45, 7) is 5.66. The third-order valence-electron chi connectivity index (χ3n) is 2.00. The van der Waals surface area contributed by atoms with Gasteiger partial charge in [-0.2, -0.15) is 0 Å². The highest BCUT2D eigenvalue weighted by atomic mass is 16.6. The Morgan fingerprint density at radius 2 is 2.07 bits per heavy atom. The fourth-order valence-electron chi connectivity index (χ4n) is 1.22. The van der Waals surface area contributed by atoms with Crippen LogP contribution in [0.1, 0.15) is 19.4 Å². The number of rotatable bonds is 2. The summed E-state index contributed by atoms with van der Waals surface area (Å²) in [5, 5.41) is 0. The van der Waals surface area contributed by atoms with Gasteiger partial charge < -0.3 is 4.74 Å². The van der Waals surface area contributed by atoms with E-state index in [4.69, 9.17) is 4.74 Å². The lowest BCUT2D eigenvalue weighted by Crippen LogP contribution is -2.29. The Balaban J connectivity index is 2.76. The molecule has 0 atom stereocenters. The van der Waals surface area contributed by atoms with Gasteiger partial charge in [0.25, 0.3) is 0 Å². The molecule has 0 aromatic heterocycles. The zero-order valence-corrected chi connectivity index (χ0v) is 9.65. The van der Waals surface area contributed by atoms with Gasteiger partial charge in [0, 0.05) is 12.7 Å². The van der Waals surface area contributed by atoms with Gasteiger partial charge in [0.05, 0.1) is 6.10 Å². The number of carbonyl (C=O) groups is 1. The molecule has 0 N–H and O–H groups in total. The minimum atomic E-state index is -0.324. The van der Waals surface area contributed by atoms with Gasteiger partial charge in [-0.05, 0) is 38.5 Å². The van der Waals surface area contributed by atoms with Crippen LogP contribution in [0, 0.1) is 6.92 Å². The lowest BCUT2D eigenvalue weighted by atomic mass is 10.2. The standard InChI is InChI=1S/C12H17NO2/c1-9(2)15-12(14)13(4)11-7-5-6-10(3)8-11/h5-9H,1-4H3. The Kier molecular flexibility index (Phi) is 3.72. The molecule has 0 saturated carbocycles. The van der Waals surface area contributed by atoms with Gasteiger partial charge in [0.2, 0.25) is 0 Å². The van der Waals surface area contributed by atoms with E-state index in [0.29, 0.717) is 0 Å². The van der Waals surface area contributed by atoms with Crippen molar-refractivity contribution in [2.75, 3.05) is 11.9 Å². The third kappa shape index (κ3) is 3.27. The highest BCUT2D eigenvalue weighted by Gasteiger charge is 2.13. The van der Waals surface area contributed by atoms with Crippen molar-refractivity contribution in [1.29, 1.82) is 0 Å². The summed E-state index contributed by atoms with van der Waals surface area (Å²) >= 11 is 0. The molecule has 1 aromatic rings. The average molecular weight is 207 g/mol. The maximum atomic E-state index is 11.6. The minimum absolute atomic E-state index is 0.0928. The Hall–Kier alpha value is -1.51. The summed E-state index contributed by atoms with van der Waals surface area (Å²) in [7, 11) is 1.71. The predicted octanol–water partition coefficient (Wildman–Crippen LogP) is 2.98. The van der Waals surface area contributed by atoms with Crippen LogP contribution in [0.3, 0.4) is 0 Å². The number of aryl methyl sites for hydroxylation is 1. The van der Waals surface area contributed by atoms with Crippen LogP contribution in [0.15, 0.2) is 24.3 Å². The molecular formula is C12H17NO2. The Bertz CT molecular complexity index is 347. The molecule has 82 valence electrons. The molecule has 0 spiro atoms. The van der Waals surface area contributed by atoms with Gasteiger partial charge in [0.15, 0.2) is 0 Å². The fourth-order valence-corrected chi connectivity index (χ4v) is 1.22. The van der Waals surface area contributed by atoms with Gasteiger partial charge in [0.1, 0.15) is 0 Å². The quantitative estimate of drug-likeness (QED) is 0.746. The second-order valence-corrected chi connectivity index (χ2v) is 3.83. The number of anilines is 1. The predicted molar refractivity (Wildman–Crippen MR) is 61.2 cm³/mol. The number of benzene rings is 1. The molecule has 1 amide bonds. The van der Waals surface area contributed by atoms with Crippen LogP contribution >= 0.6 is 0 Å². The molecule has 0 heterocycles. The zero-order valence-electron chi connectivity index (χ0n) is 9.65. The minimum Gasteiger partial charge on any atom is -0.446 e. The summed E-state index contributed by atoms with van der Waals surface area (Å²) < 4.78 is 5.09. The SMILES string of the molecule is Cc1cccc(N(C)C(=O)OC(C)C)c1. The number of nitrogens with zero attached hydrogens (tertiary/aromatic N) is 1. The first-order valence-electron chi connectivity index (χ1n) is 5.01. The van der Waals surface area contributed by atoms with Crippen molar-refractivity contribution in [3.05, 3.63) is 29.8 Å². The molecule has 0 fully saturated rings. The molecule has 3 nitrogen and oxygen atoms in total. The van der Waals surface area contributed by atoms with E-state index in [1.807, 2.05) is 45.0 Å². The molecule has 0 radical (unpaired) electrons. The number of carbonyl (C=O) groups excluding carboxylic acids is 1. The van der Waals surface area contributed by atoms with Crippen LogP contribution in [0.5, 0.6) is 0 Å². The Labute approximate surface area is 90.7 Å². The highest BCUT2D eigenvalue weighted by Crippen LogP contribution is 2.15. The van der Waals surface area contributed by atoms with Crippen LogP contribution in [0.4, 0.5) is 10.5 Å². The number of ether oxygens (including phenoxy) is 1. The molecule has 0 bridgehead atoms. The van der Waals surface area contributed by atoms with E-state index >= 15 is 0 Å². The van der Waals surface area contributed by atoms with Crippen LogP contribution in [0.2, 0.25) is 0 Å². The topological polar surface area (TPSA) is 29.5 Å². The smallest absolute Gasteiger partial charge is 0.414 e. The second kappa shape index (κ2) is 4.82. The second-order valence-electron chi connectivity index (χ2n) is 3.83. The van der Waals surface area contributed by atoms with E-state index in [1.54, 1.807) is 7.05 Å². The molecule has 0 unspecified atom stereocenters. The van der Waals surface area contributed by atoms with Gasteiger partial charge in [-0.15, -0.1) is 0 Å². The number of hydrogen-bond donors (Lipinski definition) is 0. The van der Waals surface area contributed by atoms with E-state index in [2.05, 4.69) is 0 Å². The van der Waals surface area contributed by atoms with Crippen molar-refractivity contribution in [2.45, 2.75) is 26.9 Å². The maximum Gasteiger partial charge on any atom is 0.414 e. The molecule has 0 aliphatic heterocycles. The molecule has 0 saturated heterocycles. The lowest BCUT2D eigenvalue weighted by molar-refractivity contribution is 0.124. The maximum absolute atomic E-state index is 11.6. The summed E-state index contributed by atoms with van der Waals surface area (Å²) in [6, 6.07) is 7.74. The van der Waals surface area contributed by atoms with Crippen LogP contribution in [0.25, 0.3) is 0 Å². The normalized spacial score (nSPS) is 10.2. The summed E-state index contributed by atoms with van der Waals surface area (Å²) in [4.78, 5) is 13.1. The van der Waals surface area contributed by atoms with E-state index in [0.717, 1.165) is 11.3 Å². The monoisotopic (exact) mass is 207 g/mol. The fraction of sp³-hybridized carbons (Fsp3) is 0.417. The molecule has 0 aliphatic rings. The molecule has 1 aromatic carbocycles.